The molecule has 0 saturated heterocycles. The van der Waals surface area contributed by atoms with Crippen molar-refractivity contribution in [3.05, 3.63) is 34.1 Å². The van der Waals surface area contributed by atoms with Gasteiger partial charge < -0.3 is 5.73 Å². The molecule has 1 unspecified atom stereocenters. The van der Waals surface area contributed by atoms with E-state index in [1.54, 1.807) is 6.07 Å². The topological polar surface area (TPSA) is 26.0 Å². The van der Waals surface area contributed by atoms with E-state index in [0.717, 1.165) is 18.4 Å². The van der Waals surface area contributed by atoms with Crippen LogP contribution in [0.15, 0.2) is 12.1 Å². The molecule has 1 rings (SSSR count). The van der Waals surface area contributed by atoms with Crippen molar-refractivity contribution in [3.8, 4) is 0 Å². The van der Waals surface area contributed by atoms with E-state index >= 15 is 0 Å². The summed E-state index contributed by atoms with van der Waals surface area (Å²) in [5.74, 6) is -0.304. The Bertz CT molecular complexity index is 325. The molecule has 0 aliphatic heterocycles. The first-order chi connectivity index (χ1) is 6.56. The Labute approximate surface area is 89.1 Å². The van der Waals surface area contributed by atoms with E-state index in [9.17, 15) is 4.39 Å². The molecule has 3 heteroatoms. The van der Waals surface area contributed by atoms with Gasteiger partial charge in [0.05, 0.1) is 0 Å². The fraction of sp³-hybridized carbons (Fsp3) is 0.455. The maximum Gasteiger partial charge on any atom is 0.129 e. The zero-order valence-corrected chi connectivity index (χ0v) is 9.24. The molecular formula is C11H15ClFN. The molecule has 0 radical (unpaired) electrons. The molecule has 0 aromatic heterocycles. The second kappa shape index (κ2) is 4.76. The van der Waals surface area contributed by atoms with Gasteiger partial charge in [-0.1, -0.05) is 31.0 Å². The molecule has 0 aliphatic rings. The van der Waals surface area contributed by atoms with Crippen LogP contribution in [0.1, 0.15) is 36.9 Å². The molecule has 14 heavy (non-hydrogen) atoms. The van der Waals surface area contributed by atoms with Gasteiger partial charge in [-0.25, -0.2) is 4.39 Å². The molecule has 1 aromatic rings. The van der Waals surface area contributed by atoms with E-state index in [2.05, 4.69) is 0 Å². The summed E-state index contributed by atoms with van der Waals surface area (Å²) in [7, 11) is 0. The van der Waals surface area contributed by atoms with Crippen LogP contribution in [0.25, 0.3) is 0 Å². The lowest BCUT2D eigenvalue weighted by molar-refractivity contribution is 0.559. The first kappa shape index (κ1) is 11.5. The predicted octanol–water partition coefficient (Wildman–Crippen LogP) is 3.59. The van der Waals surface area contributed by atoms with Crippen LogP contribution in [0, 0.1) is 12.7 Å². The highest BCUT2D eigenvalue weighted by molar-refractivity contribution is 6.31. The van der Waals surface area contributed by atoms with E-state index in [4.69, 9.17) is 17.3 Å². The highest BCUT2D eigenvalue weighted by Crippen LogP contribution is 2.25. The fourth-order valence-electron chi connectivity index (χ4n) is 1.43. The van der Waals surface area contributed by atoms with Gasteiger partial charge >= 0.3 is 0 Å². The van der Waals surface area contributed by atoms with Crippen LogP contribution in [-0.2, 0) is 0 Å². The lowest BCUT2D eigenvalue weighted by Gasteiger charge is -2.13. The Balaban J connectivity index is 3.02. The zero-order valence-electron chi connectivity index (χ0n) is 8.48. The minimum absolute atomic E-state index is 0.226. The van der Waals surface area contributed by atoms with Crippen molar-refractivity contribution in [2.75, 3.05) is 0 Å². The smallest absolute Gasteiger partial charge is 0.129 e. The summed E-state index contributed by atoms with van der Waals surface area (Å²) in [6.45, 7) is 3.88. The summed E-state index contributed by atoms with van der Waals surface area (Å²) < 4.78 is 13.4. The molecule has 0 aliphatic carbocycles. The van der Waals surface area contributed by atoms with E-state index < -0.39 is 0 Å². The largest absolute Gasteiger partial charge is 0.324 e. The Morgan fingerprint density at radius 1 is 1.50 bits per heavy atom. The van der Waals surface area contributed by atoms with Crippen molar-refractivity contribution < 1.29 is 4.39 Å². The van der Waals surface area contributed by atoms with Crippen molar-refractivity contribution in [2.24, 2.45) is 5.73 Å². The molecule has 0 fully saturated rings. The molecular weight excluding hydrogens is 201 g/mol. The summed E-state index contributed by atoms with van der Waals surface area (Å²) >= 11 is 5.79. The highest BCUT2D eigenvalue weighted by Gasteiger charge is 2.12. The number of hydrogen-bond acceptors (Lipinski definition) is 1. The number of rotatable bonds is 3. The third kappa shape index (κ3) is 2.46. The minimum atomic E-state index is -0.304. The average molecular weight is 216 g/mol. The first-order valence-electron chi connectivity index (χ1n) is 4.77. The Morgan fingerprint density at radius 3 is 2.71 bits per heavy atom. The SMILES string of the molecule is CCCC(N)c1cc(C)c(Cl)cc1F. The summed E-state index contributed by atoms with van der Waals surface area (Å²) in [6.07, 6.45) is 1.74. The molecule has 1 nitrogen and oxygen atoms in total. The fourth-order valence-corrected chi connectivity index (χ4v) is 1.58. The third-order valence-electron chi connectivity index (χ3n) is 2.28. The summed E-state index contributed by atoms with van der Waals surface area (Å²) in [5, 5.41) is 0.454. The van der Waals surface area contributed by atoms with Gasteiger partial charge in [-0.15, -0.1) is 0 Å². The monoisotopic (exact) mass is 215 g/mol. The van der Waals surface area contributed by atoms with Gasteiger partial charge in [0.1, 0.15) is 5.82 Å². The van der Waals surface area contributed by atoms with Crippen molar-refractivity contribution >= 4 is 11.6 Å². The van der Waals surface area contributed by atoms with Gasteiger partial charge in [-0.2, -0.15) is 0 Å². The second-order valence-electron chi connectivity index (χ2n) is 3.52. The van der Waals surface area contributed by atoms with Crippen molar-refractivity contribution in [3.63, 3.8) is 0 Å². The molecule has 0 bridgehead atoms. The summed E-state index contributed by atoms with van der Waals surface area (Å²) in [4.78, 5) is 0. The van der Waals surface area contributed by atoms with Crippen LogP contribution in [0.2, 0.25) is 5.02 Å². The number of benzene rings is 1. The first-order valence-corrected chi connectivity index (χ1v) is 5.15. The molecule has 1 aromatic carbocycles. The predicted molar refractivity (Wildman–Crippen MR) is 58.0 cm³/mol. The van der Waals surface area contributed by atoms with E-state index in [1.165, 1.54) is 6.07 Å². The Kier molecular flexibility index (Phi) is 3.90. The lowest BCUT2D eigenvalue weighted by atomic mass is 10.0. The molecule has 2 N–H and O–H groups in total. The van der Waals surface area contributed by atoms with Crippen LogP contribution in [0.3, 0.4) is 0 Å². The van der Waals surface area contributed by atoms with Gasteiger partial charge in [0.25, 0.3) is 0 Å². The number of aryl methyl sites for hydroxylation is 1. The molecule has 0 spiro atoms. The second-order valence-corrected chi connectivity index (χ2v) is 3.93. The zero-order chi connectivity index (χ0) is 10.7. The number of halogens is 2. The van der Waals surface area contributed by atoms with Crippen molar-refractivity contribution in [1.29, 1.82) is 0 Å². The third-order valence-corrected chi connectivity index (χ3v) is 2.68. The molecule has 0 saturated carbocycles. The molecule has 0 amide bonds. The normalized spacial score (nSPS) is 12.9. The van der Waals surface area contributed by atoms with Gasteiger partial charge in [-0.3, -0.25) is 0 Å². The summed E-state index contributed by atoms with van der Waals surface area (Å²) in [5.41, 5.74) is 7.28. The van der Waals surface area contributed by atoms with E-state index in [1.807, 2.05) is 13.8 Å². The van der Waals surface area contributed by atoms with Crippen molar-refractivity contribution in [1.82, 2.24) is 0 Å². The van der Waals surface area contributed by atoms with Crippen LogP contribution >= 0.6 is 11.6 Å². The van der Waals surface area contributed by atoms with Gasteiger partial charge in [0.15, 0.2) is 0 Å². The molecule has 0 heterocycles. The van der Waals surface area contributed by atoms with E-state index in [0.29, 0.717) is 10.6 Å². The average Bonchev–Trinajstić information content (AvgIpc) is 2.11. The highest BCUT2D eigenvalue weighted by atomic mass is 35.5. The van der Waals surface area contributed by atoms with Gasteiger partial charge in [0, 0.05) is 16.6 Å². The lowest BCUT2D eigenvalue weighted by Crippen LogP contribution is -2.12. The van der Waals surface area contributed by atoms with Crippen LogP contribution in [0.4, 0.5) is 4.39 Å². The molecule has 78 valence electrons. The standard InChI is InChI=1S/C11H15ClFN/c1-3-4-11(14)8-5-7(2)9(12)6-10(8)13/h5-6,11H,3-4,14H2,1-2H3. The number of hydrogen-bond donors (Lipinski definition) is 1. The maximum atomic E-state index is 13.4. The summed E-state index contributed by atoms with van der Waals surface area (Å²) in [6, 6.07) is 2.84. The van der Waals surface area contributed by atoms with Gasteiger partial charge in [0.2, 0.25) is 0 Å². The van der Waals surface area contributed by atoms with Crippen LogP contribution in [-0.4, -0.2) is 0 Å². The van der Waals surface area contributed by atoms with Gasteiger partial charge in [-0.05, 0) is 25.0 Å². The molecule has 1 atom stereocenters. The maximum absolute atomic E-state index is 13.4. The van der Waals surface area contributed by atoms with Crippen molar-refractivity contribution in [2.45, 2.75) is 32.7 Å². The Hall–Kier alpha value is -0.600. The Morgan fingerprint density at radius 2 is 2.14 bits per heavy atom. The quantitative estimate of drug-likeness (QED) is 0.820. The minimum Gasteiger partial charge on any atom is -0.324 e. The van der Waals surface area contributed by atoms with Crippen LogP contribution < -0.4 is 5.73 Å². The van der Waals surface area contributed by atoms with Crippen LogP contribution in [0.5, 0.6) is 0 Å². The van der Waals surface area contributed by atoms with E-state index in [-0.39, 0.29) is 11.9 Å². The number of nitrogens with two attached hydrogens (primary N) is 1.